The van der Waals surface area contributed by atoms with Crippen LogP contribution in [0.2, 0.25) is 0 Å². The van der Waals surface area contributed by atoms with Crippen LogP contribution in [-0.4, -0.2) is 37.9 Å². The van der Waals surface area contributed by atoms with E-state index in [1.807, 2.05) is 0 Å². The van der Waals surface area contributed by atoms with Crippen molar-refractivity contribution in [1.82, 2.24) is 10.2 Å². The molecule has 0 aromatic heterocycles. The summed E-state index contributed by atoms with van der Waals surface area (Å²) in [6.45, 7) is -0.153. The quantitative estimate of drug-likeness (QED) is 0.625. The van der Waals surface area contributed by atoms with Crippen molar-refractivity contribution in [2.24, 2.45) is 0 Å². The molecule has 1 aromatic rings. The van der Waals surface area contributed by atoms with E-state index in [0.717, 1.165) is 4.90 Å². The Morgan fingerprint density at radius 3 is 2.83 bits per heavy atom. The van der Waals surface area contributed by atoms with Gasteiger partial charge in [0.2, 0.25) is 6.41 Å². The first-order valence-electron chi connectivity index (χ1n) is 5.51. The van der Waals surface area contributed by atoms with Crippen molar-refractivity contribution in [3.8, 4) is 0 Å². The molecule has 0 fully saturated rings. The van der Waals surface area contributed by atoms with Crippen LogP contribution in [0.5, 0.6) is 0 Å². The Bertz CT molecular complexity index is 494. The van der Waals surface area contributed by atoms with Gasteiger partial charge >= 0.3 is 0 Å². The Morgan fingerprint density at radius 2 is 2.22 bits per heavy atom. The van der Waals surface area contributed by atoms with Crippen molar-refractivity contribution in [3.63, 3.8) is 0 Å². The molecule has 0 bridgehead atoms. The fourth-order valence-electron chi connectivity index (χ4n) is 2.28. The molecular weight excluding hydrogens is 237 g/mol. The highest BCUT2D eigenvalue weighted by Crippen LogP contribution is 2.39. The molecular formula is C12H14FN3O2. The second-order valence-electron chi connectivity index (χ2n) is 4.21. The number of benzene rings is 1. The number of anilines is 1. The van der Waals surface area contributed by atoms with Gasteiger partial charge in [-0.25, -0.2) is 5.12 Å². The maximum Gasteiger partial charge on any atom is 0.255 e. The number of nitrogens with zero attached hydrogens (tertiary/aromatic N) is 2. The molecule has 6 heteroatoms. The molecule has 0 spiro atoms. The van der Waals surface area contributed by atoms with Crippen molar-refractivity contribution in [3.05, 3.63) is 29.8 Å². The van der Waals surface area contributed by atoms with Crippen LogP contribution >= 0.6 is 0 Å². The zero-order valence-corrected chi connectivity index (χ0v) is 10.2. The molecule has 0 radical (unpaired) electrons. The van der Waals surface area contributed by atoms with E-state index < -0.39 is 11.4 Å². The summed E-state index contributed by atoms with van der Waals surface area (Å²) in [5, 5.41) is 3.36. The van der Waals surface area contributed by atoms with E-state index in [0.29, 0.717) is 22.8 Å². The third-order valence-electron chi connectivity index (χ3n) is 3.27. The lowest BCUT2D eigenvalue weighted by atomic mass is 9.90. The number of para-hydroxylation sites is 1. The van der Waals surface area contributed by atoms with E-state index in [9.17, 15) is 14.1 Å². The van der Waals surface area contributed by atoms with E-state index >= 15 is 0 Å². The normalized spacial score (nSPS) is 21.6. The highest BCUT2D eigenvalue weighted by atomic mass is 19.2. The molecule has 1 atom stereocenters. The first-order chi connectivity index (χ1) is 8.56. The summed E-state index contributed by atoms with van der Waals surface area (Å²) < 4.78 is 13.9. The zero-order chi connectivity index (χ0) is 13.3. The maximum absolute atomic E-state index is 13.9. The van der Waals surface area contributed by atoms with Crippen molar-refractivity contribution >= 4 is 18.0 Å². The number of carbonyl (C=O) groups excluding carboxylic acids is 2. The average Bonchev–Trinajstić information content (AvgIpc) is 2.71. The summed E-state index contributed by atoms with van der Waals surface area (Å²) in [7, 11) is 2.93. The molecule has 0 saturated carbocycles. The van der Waals surface area contributed by atoms with Crippen LogP contribution in [0.4, 0.5) is 10.2 Å². The average molecular weight is 251 g/mol. The predicted molar refractivity (Wildman–Crippen MR) is 64.5 cm³/mol. The first kappa shape index (κ1) is 12.5. The first-order valence-corrected chi connectivity index (χ1v) is 5.51. The van der Waals surface area contributed by atoms with Crippen molar-refractivity contribution in [1.29, 1.82) is 0 Å². The molecule has 1 heterocycles. The van der Waals surface area contributed by atoms with Gasteiger partial charge in [0, 0.05) is 12.6 Å². The second-order valence-corrected chi connectivity index (χ2v) is 4.21. The van der Waals surface area contributed by atoms with Crippen LogP contribution in [0.3, 0.4) is 0 Å². The van der Waals surface area contributed by atoms with Crippen LogP contribution in [0.25, 0.3) is 0 Å². The largest absolute Gasteiger partial charge is 0.301 e. The molecule has 1 N–H and O–H groups in total. The number of imide groups is 1. The van der Waals surface area contributed by atoms with E-state index in [4.69, 9.17) is 0 Å². The van der Waals surface area contributed by atoms with Crippen LogP contribution in [0, 0.1) is 0 Å². The SMILES string of the molecule is CNC1(C(=O)N(C)C=O)CN(F)c2ccccc21. The summed E-state index contributed by atoms with van der Waals surface area (Å²) in [5.74, 6) is -0.479. The van der Waals surface area contributed by atoms with Gasteiger partial charge in [-0.15, -0.1) is 0 Å². The van der Waals surface area contributed by atoms with Gasteiger partial charge in [-0.2, -0.15) is 0 Å². The molecule has 0 saturated heterocycles. The van der Waals surface area contributed by atoms with E-state index in [-0.39, 0.29) is 6.54 Å². The fourth-order valence-corrected chi connectivity index (χ4v) is 2.28. The summed E-state index contributed by atoms with van der Waals surface area (Å²) >= 11 is 0. The Hall–Kier alpha value is -1.95. The minimum absolute atomic E-state index is 0.153. The lowest BCUT2D eigenvalue weighted by Gasteiger charge is -2.29. The lowest BCUT2D eigenvalue weighted by Crippen LogP contribution is -2.55. The summed E-state index contributed by atoms with van der Waals surface area (Å²) in [5.41, 5.74) is -0.339. The smallest absolute Gasteiger partial charge is 0.255 e. The summed E-state index contributed by atoms with van der Waals surface area (Å²) in [6.07, 6.45) is 0.422. The predicted octanol–water partition coefficient (Wildman–Crippen LogP) is 0.421. The highest BCUT2D eigenvalue weighted by Gasteiger charge is 2.49. The second kappa shape index (κ2) is 4.38. The Kier molecular flexibility index (Phi) is 3.04. The molecule has 1 aromatic carbocycles. The minimum Gasteiger partial charge on any atom is -0.301 e. The van der Waals surface area contributed by atoms with E-state index in [2.05, 4.69) is 5.32 Å². The molecule has 1 aliphatic heterocycles. The fraction of sp³-hybridized carbons (Fsp3) is 0.333. The topological polar surface area (TPSA) is 52.7 Å². The number of hydrogen-bond donors (Lipinski definition) is 1. The van der Waals surface area contributed by atoms with Crippen LogP contribution in [0.1, 0.15) is 5.56 Å². The zero-order valence-electron chi connectivity index (χ0n) is 10.2. The summed E-state index contributed by atoms with van der Waals surface area (Å²) in [4.78, 5) is 23.9. The van der Waals surface area contributed by atoms with Gasteiger partial charge in [-0.3, -0.25) is 14.5 Å². The molecule has 18 heavy (non-hydrogen) atoms. The standard InChI is InChI=1S/C12H14FN3O2/c1-14-12(11(18)15(2)8-17)7-16(13)10-6-4-3-5-9(10)12/h3-6,8,14H,7H2,1-2H3. The van der Waals surface area contributed by atoms with Crippen LogP contribution in [0.15, 0.2) is 24.3 Å². The Balaban J connectivity index is 2.54. The minimum atomic E-state index is -1.22. The number of fused-ring (bicyclic) bond motifs is 1. The molecule has 1 unspecified atom stereocenters. The van der Waals surface area contributed by atoms with Gasteiger partial charge in [0.1, 0.15) is 5.54 Å². The third-order valence-corrected chi connectivity index (χ3v) is 3.27. The van der Waals surface area contributed by atoms with Crippen molar-refractivity contribution in [2.75, 3.05) is 25.8 Å². The van der Waals surface area contributed by atoms with Crippen LogP contribution in [-0.2, 0) is 15.1 Å². The summed E-state index contributed by atoms with van der Waals surface area (Å²) in [6, 6.07) is 6.72. The Morgan fingerprint density at radius 1 is 1.56 bits per heavy atom. The molecule has 96 valence electrons. The molecule has 0 aliphatic carbocycles. The number of nitrogens with one attached hydrogen (secondary N) is 1. The monoisotopic (exact) mass is 251 g/mol. The molecule has 2 amide bonds. The van der Waals surface area contributed by atoms with Crippen molar-refractivity contribution in [2.45, 2.75) is 5.54 Å². The van der Waals surface area contributed by atoms with E-state index in [1.165, 1.54) is 7.05 Å². The number of halogens is 1. The van der Waals surface area contributed by atoms with Gasteiger partial charge in [0.25, 0.3) is 5.91 Å². The molecule has 5 nitrogen and oxygen atoms in total. The number of rotatable bonds is 3. The lowest BCUT2D eigenvalue weighted by molar-refractivity contribution is -0.142. The molecule has 1 aliphatic rings. The van der Waals surface area contributed by atoms with Gasteiger partial charge < -0.3 is 5.32 Å². The number of amides is 2. The van der Waals surface area contributed by atoms with Gasteiger partial charge in [-0.1, -0.05) is 22.7 Å². The number of carbonyl (C=O) groups is 2. The van der Waals surface area contributed by atoms with Crippen molar-refractivity contribution < 1.29 is 14.1 Å². The highest BCUT2D eigenvalue weighted by molar-refractivity contribution is 5.97. The Labute approximate surface area is 104 Å². The maximum atomic E-state index is 13.9. The van der Waals surface area contributed by atoms with Gasteiger partial charge in [0.05, 0.1) is 12.2 Å². The number of hydrogen-bond acceptors (Lipinski definition) is 4. The van der Waals surface area contributed by atoms with Gasteiger partial charge in [-0.05, 0) is 13.1 Å². The van der Waals surface area contributed by atoms with Gasteiger partial charge in [0.15, 0.2) is 0 Å². The van der Waals surface area contributed by atoms with E-state index in [1.54, 1.807) is 31.3 Å². The van der Waals surface area contributed by atoms with Crippen LogP contribution < -0.4 is 10.4 Å². The third kappa shape index (κ3) is 1.57. The molecule has 2 rings (SSSR count). The number of likely N-dealkylation sites (N-methyl/N-ethyl adjacent to an activating group) is 2.